The summed E-state index contributed by atoms with van der Waals surface area (Å²) >= 11 is 0. The molecule has 2 aromatic carbocycles. The van der Waals surface area contributed by atoms with Crippen LogP contribution in [-0.4, -0.2) is 0 Å². The van der Waals surface area contributed by atoms with Crippen molar-refractivity contribution in [1.82, 2.24) is 0 Å². The van der Waals surface area contributed by atoms with Crippen LogP contribution in [0.2, 0.25) is 0 Å². The molecule has 1 aliphatic carbocycles. The van der Waals surface area contributed by atoms with Crippen molar-refractivity contribution < 1.29 is 0 Å². The summed E-state index contributed by atoms with van der Waals surface area (Å²) in [4.78, 5) is 5.62. The van der Waals surface area contributed by atoms with Gasteiger partial charge in [0.25, 0.3) is 0 Å². The van der Waals surface area contributed by atoms with Crippen molar-refractivity contribution in [2.24, 2.45) is 10.2 Å². The van der Waals surface area contributed by atoms with E-state index in [2.05, 4.69) is 20.1 Å². The summed E-state index contributed by atoms with van der Waals surface area (Å²) < 4.78 is 0. The van der Waals surface area contributed by atoms with E-state index in [0.717, 1.165) is 22.3 Å². The highest BCUT2D eigenvalue weighted by molar-refractivity contribution is 6.11. The zero-order valence-corrected chi connectivity index (χ0v) is 9.15. The van der Waals surface area contributed by atoms with E-state index in [-0.39, 0.29) is 0 Å². The maximum atomic E-state index is 8.56. The second-order valence-corrected chi connectivity index (χ2v) is 3.78. The Morgan fingerprint density at radius 1 is 0.722 bits per heavy atom. The number of fused-ring (bicyclic) bond motifs is 4. The molecule has 0 amide bonds. The summed E-state index contributed by atoms with van der Waals surface area (Å²) in [6, 6.07) is 11.1. The summed E-state index contributed by atoms with van der Waals surface area (Å²) in [5.74, 6) is 0. The van der Waals surface area contributed by atoms with Crippen LogP contribution < -0.4 is 0 Å². The molecule has 18 heavy (non-hydrogen) atoms. The number of rotatable bonds is 2. The predicted molar refractivity (Wildman–Crippen MR) is 68.5 cm³/mol. The van der Waals surface area contributed by atoms with Gasteiger partial charge < -0.3 is 0 Å². The van der Waals surface area contributed by atoms with Gasteiger partial charge in [0.05, 0.1) is 0 Å². The van der Waals surface area contributed by atoms with E-state index in [0.29, 0.717) is 11.4 Å². The van der Waals surface area contributed by atoms with Gasteiger partial charge in [0.15, 0.2) is 0 Å². The topological polar surface area (TPSA) is 97.5 Å². The molecule has 0 spiro atoms. The van der Waals surface area contributed by atoms with Crippen molar-refractivity contribution in [3.05, 3.63) is 57.3 Å². The lowest BCUT2D eigenvalue weighted by Crippen LogP contribution is -1.98. The van der Waals surface area contributed by atoms with E-state index in [9.17, 15) is 0 Å². The van der Waals surface area contributed by atoms with Crippen molar-refractivity contribution in [1.29, 1.82) is 0 Å². The molecule has 0 saturated carbocycles. The Balaban J connectivity index is 2.34. The lowest BCUT2D eigenvalue weighted by Gasteiger charge is -2.26. The van der Waals surface area contributed by atoms with Crippen LogP contribution in [0.15, 0.2) is 46.6 Å². The number of hydrogen-bond donors (Lipinski definition) is 0. The van der Waals surface area contributed by atoms with E-state index in [4.69, 9.17) is 11.1 Å². The van der Waals surface area contributed by atoms with Gasteiger partial charge in [-0.3, -0.25) is 0 Å². The van der Waals surface area contributed by atoms with E-state index < -0.39 is 0 Å². The minimum absolute atomic E-state index is 0.558. The molecule has 6 nitrogen and oxygen atoms in total. The van der Waals surface area contributed by atoms with Crippen LogP contribution in [0.5, 0.6) is 0 Å². The Morgan fingerprint density at radius 2 is 1.17 bits per heavy atom. The maximum absolute atomic E-state index is 8.56. The molecule has 0 aliphatic heterocycles. The Bertz CT molecular complexity index is 687. The standard InChI is InChI=1S/C12H6N6/c13-17-15-9-5-6-10(16-18-14)12-8-4-2-1-3-7(8)11(9)12/h1-6H. The number of azide groups is 2. The minimum atomic E-state index is 0.558. The first-order chi connectivity index (χ1) is 8.86. The highest BCUT2D eigenvalue weighted by Crippen LogP contribution is 2.55. The van der Waals surface area contributed by atoms with Crippen LogP contribution in [-0.2, 0) is 0 Å². The summed E-state index contributed by atoms with van der Waals surface area (Å²) in [5, 5.41) is 7.33. The molecule has 0 bridgehead atoms. The van der Waals surface area contributed by atoms with Crippen molar-refractivity contribution in [3.63, 3.8) is 0 Å². The van der Waals surface area contributed by atoms with E-state index in [1.807, 2.05) is 24.3 Å². The molecule has 0 unspecified atom stereocenters. The second kappa shape index (κ2) is 3.82. The van der Waals surface area contributed by atoms with Gasteiger partial charge in [-0.1, -0.05) is 46.6 Å². The predicted octanol–water partition coefficient (Wildman–Crippen LogP) is 5.22. The van der Waals surface area contributed by atoms with E-state index >= 15 is 0 Å². The summed E-state index contributed by atoms with van der Waals surface area (Å²) in [7, 11) is 0. The number of nitrogens with zero attached hydrogens (tertiary/aromatic N) is 6. The lowest BCUT2D eigenvalue weighted by atomic mass is 9.79. The van der Waals surface area contributed by atoms with Crippen molar-refractivity contribution in [2.45, 2.75) is 0 Å². The van der Waals surface area contributed by atoms with Gasteiger partial charge in [0, 0.05) is 32.3 Å². The van der Waals surface area contributed by atoms with Crippen molar-refractivity contribution in [2.75, 3.05) is 0 Å². The van der Waals surface area contributed by atoms with E-state index in [1.165, 1.54) is 0 Å². The largest absolute Gasteiger partial charge is 0.0616 e. The molecule has 0 heterocycles. The molecule has 1 aliphatic rings. The number of hydrogen-bond acceptors (Lipinski definition) is 2. The molecule has 0 fully saturated rings. The van der Waals surface area contributed by atoms with Crippen LogP contribution in [0.1, 0.15) is 0 Å². The Labute approximate surface area is 102 Å². The third kappa shape index (κ3) is 1.25. The molecule has 0 aromatic heterocycles. The van der Waals surface area contributed by atoms with E-state index in [1.54, 1.807) is 12.1 Å². The third-order valence-electron chi connectivity index (χ3n) is 2.93. The third-order valence-corrected chi connectivity index (χ3v) is 2.93. The first kappa shape index (κ1) is 10.2. The quantitative estimate of drug-likeness (QED) is 0.330. The van der Waals surface area contributed by atoms with Crippen LogP contribution in [0, 0.1) is 0 Å². The molecule has 2 aromatic rings. The highest BCUT2D eigenvalue weighted by Gasteiger charge is 2.26. The molecule has 6 heteroatoms. The zero-order chi connectivity index (χ0) is 12.5. The first-order valence-electron chi connectivity index (χ1n) is 5.24. The zero-order valence-electron chi connectivity index (χ0n) is 9.15. The van der Waals surface area contributed by atoms with Gasteiger partial charge >= 0.3 is 0 Å². The highest BCUT2D eigenvalue weighted by atomic mass is 15.1. The smallest absolute Gasteiger partial charge is 0.0460 e. The summed E-state index contributed by atoms with van der Waals surface area (Å²) in [6.07, 6.45) is 0. The van der Waals surface area contributed by atoms with Gasteiger partial charge in [0.2, 0.25) is 0 Å². The van der Waals surface area contributed by atoms with Crippen LogP contribution in [0.25, 0.3) is 43.1 Å². The van der Waals surface area contributed by atoms with Crippen LogP contribution in [0.3, 0.4) is 0 Å². The number of benzene rings is 2. The van der Waals surface area contributed by atoms with Gasteiger partial charge in [-0.05, 0) is 22.2 Å². The van der Waals surface area contributed by atoms with Gasteiger partial charge in [-0.2, -0.15) is 0 Å². The fourth-order valence-corrected chi connectivity index (χ4v) is 2.25. The molecule has 0 atom stereocenters. The Morgan fingerprint density at radius 3 is 1.56 bits per heavy atom. The van der Waals surface area contributed by atoms with Crippen LogP contribution >= 0.6 is 0 Å². The summed E-state index contributed by atoms with van der Waals surface area (Å²) in [6.45, 7) is 0. The fourth-order valence-electron chi connectivity index (χ4n) is 2.25. The monoisotopic (exact) mass is 234 g/mol. The van der Waals surface area contributed by atoms with Gasteiger partial charge in [-0.15, -0.1) is 0 Å². The maximum Gasteiger partial charge on any atom is 0.0460 e. The van der Waals surface area contributed by atoms with Crippen LogP contribution in [0.4, 0.5) is 11.4 Å². The average Bonchev–Trinajstić information content (AvgIpc) is 2.37. The molecular formula is C12H6N6. The molecule has 0 radical (unpaired) electrons. The van der Waals surface area contributed by atoms with Gasteiger partial charge in [-0.25, -0.2) is 0 Å². The normalized spacial score (nSPS) is 10.2. The van der Waals surface area contributed by atoms with Crippen molar-refractivity contribution >= 4 is 11.4 Å². The lowest BCUT2D eigenvalue weighted by molar-refractivity contribution is 1.39. The average molecular weight is 234 g/mol. The molecular weight excluding hydrogens is 228 g/mol. The first-order valence-corrected chi connectivity index (χ1v) is 5.24. The molecule has 0 saturated heterocycles. The van der Waals surface area contributed by atoms with Gasteiger partial charge in [0.1, 0.15) is 0 Å². The van der Waals surface area contributed by atoms with Crippen molar-refractivity contribution in [3.8, 4) is 22.3 Å². The Hall–Kier alpha value is -2.94. The summed E-state index contributed by atoms with van der Waals surface area (Å²) in [5.41, 5.74) is 22.0. The SMILES string of the molecule is [N-]=[N+]=Nc1ccc(N=[N+]=[N-])c2c1-c1ccccc1-2. The fraction of sp³-hybridized carbons (Fsp3) is 0. The molecule has 84 valence electrons. The molecule has 0 N–H and O–H groups in total. The Kier molecular flexibility index (Phi) is 2.17. The second-order valence-electron chi connectivity index (χ2n) is 3.78. The molecule has 3 rings (SSSR count). The minimum Gasteiger partial charge on any atom is -0.0616 e.